The maximum Gasteiger partial charge on any atom is 0.255 e. The number of aromatic nitrogens is 1. The highest BCUT2D eigenvalue weighted by molar-refractivity contribution is 14.1. The van der Waals surface area contributed by atoms with Crippen molar-refractivity contribution in [3.63, 3.8) is 0 Å². The Hall–Kier alpha value is -1.84. The summed E-state index contributed by atoms with van der Waals surface area (Å²) in [5.74, 6) is -0.130. The van der Waals surface area contributed by atoms with E-state index in [9.17, 15) is 9.18 Å². The van der Waals surface area contributed by atoms with Gasteiger partial charge in [0.1, 0.15) is 10.8 Å². The first-order chi connectivity index (χ1) is 13.6. The highest BCUT2D eigenvalue weighted by Gasteiger charge is 2.23. The monoisotopic (exact) mass is 507 g/mol. The van der Waals surface area contributed by atoms with E-state index < -0.39 is 0 Å². The van der Waals surface area contributed by atoms with Gasteiger partial charge in [-0.2, -0.15) is 0 Å². The first-order valence-corrected chi connectivity index (χ1v) is 11.0. The van der Waals surface area contributed by atoms with Crippen LogP contribution in [0.2, 0.25) is 0 Å². The van der Waals surface area contributed by atoms with Gasteiger partial charge in [0.2, 0.25) is 0 Å². The summed E-state index contributed by atoms with van der Waals surface area (Å²) in [5, 5.41) is 3.05. The normalized spacial score (nSPS) is 15.0. The molecule has 0 unspecified atom stereocenters. The highest BCUT2D eigenvalue weighted by atomic mass is 127. The van der Waals surface area contributed by atoms with Crippen LogP contribution in [0.5, 0.6) is 0 Å². The van der Waals surface area contributed by atoms with Crippen molar-refractivity contribution < 1.29 is 9.18 Å². The van der Waals surface area contributed by atoms with Crippen LogP contribution < -0.4 is 0 Å². The Kier molecular flexibility index (Phi) is 6.03. The fourth-order valence-electron chi connectivity index (χ4n) is 3.24. The van der Waals surface area contributed by atoms with Gasteiger partial charge in [0.25, 0.3) is 5.91 Å². The Bertz CT molecular complexity index is 968. The molecule has 0 saturated carbocycles. The zero-order valence-corrected chi connectivity index (χ0v) is 18.1. The van der Waals surface area contributed by atoms with Crippen LogP contribution in [0.1, 0.15) is 15.4 Å². The minimum absolute atomic E-state index is 0.109. The molecule has 28 heavy (non-hydrogen) atoms. The Balaban J connectivity index is 1.34. The van der Waals surface area contributed by atoms with Gasteiger partial charge < -0.3 is 4.90 Å². The molecule has 1 aromatic heterocycles. The first kappa shape index (κ1) is 19.5. The summed E-state index contributed by atoms with van der Waals surface area (Å²) in [6.07, 6.45) is 0. The molecule has 1 aliphatic rings. The molecule has 1 aliphatic heterocycles. The summed E-state index contributed by atoms with van der Waals surface area (Å²) in [7, 11) is 0. The largest absolute Gasteiger partial charge is 0.336 e. The molecule has 3 aromatic rings. The van der Waals surface area contributed by atoms with Crippen molar-refractivity contribution in [1.29, 1.82) is 0 Å². The zero-order valence-electron chi connectivity index (χ0n) is 15.1. The fraction of sp³-hybridized carbons (Fsp3) is 0.238. The molecular weight excluding hydrogens is 488 g/mol. The van der Waals surface area contributed by atoms with Crippen molar-refractivity contribution in [1.82, 2.24) is 14.8 Å². The van der Waals surface area contributed by atoms with Crippen molar-refractivity contribution in [3.8, 4) is 11.3 Å². The molecule has 0 radical (unpaired) electrons. The van der Waals surface area contributed by atoms with Crippen LogP contribution in [0.4, 0.5) is 4.39 Å². The average Bonchev–Trinajstić information content (AvgIpc) is 3.17. The third-order valence-electron chi connectivity index (χ3n) is 4.81. The SMILES string of the molecule is O=C(c1ccccc1I)N1CCN(Cc2nc(-c3ccc(F)cc3)cs2)CC1. The molecule has 0 aliphatic carbocycles. The number of rotatable bonds is 4. The number of hydrogen-bond donors (Lipinski definition) is 0. The van der Waals surface area contributed by atoms with Crippen molar-refractivity contribution in [3.05, 3.63) is 73.9 Å². The molecule has 0 N–H and O–H groups in total. The van der Waals surface area contributed by atoms with Gasteiger partial charge in [-0.15, -0.1) is 11.3 Å². The fourth-order valence-corrected chi connectivity index (χ4v) is 4.70. The molecule has 4 rings (SSSR count). The van der Waals surface area contributed by atoms with Crippen LogP contribution in [0, 0.1) is 9.39 Å². The molecule has 144 valence electrons. The van der Waals surface area contributed by atoms with Crippen molar-refractivity contribution in [2.75, 3.05) is 26.2 Å². The number of hydrogen-bond acceptors (Lipinski definition) is 4. The molecular formula is C21H19FIN3OS. The summed E-state index contributed by atoms with van der Waals surface area (Å²) in [4.78, 5) is 21.7. The molecule has 1 saturated heterocycles. The smallest absolute Gasteiger partial charge is 0.255 e. The van der Waals surface area contributed by atoms with Crippen LogP contribution in [0.25, 0.3) is 11.3 Å². The molecule has 2 aromatic carbocycles. The summed E-state index contributed by atoms with van der Waals surface area (Å²) in [6.45, 7) is 3.89. The Morgan fingerprint density at radius 1 is 1.07 bits per heavy atom. The van der Waals surface area contributed by atoms with Gasteiger partial charge in [-0.25, -0.2) is 9.37 Å². The number of piperazine rings is 1. The lowest BCUT2D eigenvalue weighted by Gasteiger charge is -2.34. The van der Waals surface area contributed by atoms with E-state index in [1.165, 1.54) is 12.1 Å². The second-order valence-electron chi connectivity index (χ2n) is 6.68. The van der Waals surface area contributed by atoms with E-state index in [0.29, 0.717) is 0 Å². The van der Waals surface area contributed by atoms with Crippen molar-refractivity contribution >= 4 is 39.8 Å². The summed E-state index contributed by atoms with van der Waals surface area (Å²) in [6, 6.07) is 14.1. The molecule has 0 bridgehead atoms. The third-order valence-corrected chi connectivity index (χ3v) is 6.59. The summed E-state index contributed by atoms with van der Waals surface area (Å²) in [5.41, 5.74) is 2.59. The predicted molar refractivity (Wildman–Crippen MR) is 118 cm³/mol. The topological polar surface area (TPSA) is 36.4 Å². The van der Waals surface area contributed by atoms with E-state index in [-0.39, 0.29) is 11.7 Å². The van der Waals surface area contributed by atoms with E-state index in [2.05, 4.69) is 27.5 Å². The number of benzene rings is 2. The van der Waals surface area contributed by atoms with Crippen molar-refractivity contribution in [2.45, 2.75) is 6.54 Å². The van der Waals surface area contributed by atoms with Gasteiger partial charge >= 0.3 is 0 Å². The molecule has 4 nitrogen and oxygen atoms in total. The second-order valence-corrected chi connectivity index (χ2v) is 8.79. The van der Waals surface area contributed by atoms with Crippen molar-refractivity contribution in [2.24, 2.45) is 0 Å². The second kappa shape index (κ2) is 8.67. The lowest BCUT2D eigenvalue weighted by atomic mass is 10.2. The van der Waals surface area contributed by atoms with Gasteiger partial charge in [-0.1, -0.05) is 12.1 Å². The van der Waals surface area contributed by atoms with E-state index in [1.54, 1.807) is 23.5 Å². The predicted octanol–water partition coefficient (Wildman–Crippen LogP) is 4.51. The van der Waals surface area contributed by atoms with Gasteiger partial charge in [-0.05, 0) is 59.0 Å². The standard InChI is InChI=1S/C21H19FIN3OS/c22-16-7-5-15(6-8-16)19-14-28-20(24-19)13-25-9-11-26(12-10-25)21(27)17-3-1-2-4-18(17)23/h1-8,14H,9-13H2. The number of carbonyl (C=O) groups is 1. The molecule has 1 amide bonds. The quantitative estimate of drug-likeness (QED) is 0.488. The van der Waals surface area contributed by atoms with E-state index in [4.69, 9.17) is 4.98 Å². The lowest BCUT2D eigenvalue weighted by molar-refractivity contribution is 0.0627. The van der Waals surface area contributed by atoms with Crippen LogP contribution in [0.15, 0.2) is 53.9 Å². The van der Waals surface area contributed by atoms with E-state index in [0.717, 1.165) is 58.1 Å². The van der Waals surface area contributed by atoms with Crippen LogP contribution in [0.3, 0.4) is 0 Å². The average molecular weight is 507 g/mol. The molecule has 2 heterocycles. The first-order valence-electron chi connectivity index (χ1n) is 9.06. The number of halogens is 2. The number of amides is 1. The zero-order chi connectivity index (χ0) is 19.5. The van der Waals surface area contributed by atoms with Gasteiger partial charge in [0.05, 0.1) is 17.8 Å². The van der Waals surface area contributed by atoms with E-state index >= 15 is 0 Å². The molecule has 0 atom stereocenters. The molecule has 0 spiro atoms. The highest BCUT2D eigenvalue weighted by Crippen LogP contribution is 2.23. The lowest BCUT2D eigenvalue weighted by Crippen LogP contribution is -2.48. The van der Waals surface area contributed by atoms with Gasteiger partial charge in [-0.3, -0.25) is 9.69 Å². The number of thiazole rings is 1. The van der Waals surface area contributed by atoms with E-state index in [1.807, 2.05) is 34.5 Å². The van der Waals surface area contributed by atoms with Gasteiger partial charge in [0, 0.05) is 40.7 Å². The number of nitrogens with zero attached hydrogens (tertiary/aromatic N) is 3. The van der Waals surface area contributed by atoms with Crippen LogP contribution >= 0.6 is 33.9 Å². The van der Waals surface area contributed by atoms with Crippen LogP contribution in [-0.4, -0.2) is 46.9 Å². The Labute approximate surface area is 181 Å². The van der Waals surface area contributed by atoms with Gasteiger partial charge in [0.15, 0.2) is 0 Å². The number of carbonyl (C=O) groups excluding carboxylic acids is 1. The molecule has 1 fully saturated rings. The Morgan fingerprint density at radius 3 is 2.50 bits per heavy atom. The summed E-state index contributed by atoms with van der Waals surface area (Å²) >= 11 is 3.83. The Morgan fingerprint density at radius 2 is 1.79 bits per heavy atom. The maximum atomic E-state index is 13.1. The minimum atomic E-state index is -0.239. The van der Waals surface area contributed by atoms with Crippen LogP contribution in [-0.2, 0) is 6.54 Å². The summed E-state index contributed by atoms with van der Waals surface area (Å²) < 4.78 is 14.1. The minimum Gasteiger partial charge on any atom is -0.336 e. The molecule has 7 heteroatoms. The maximum absolute atomic E-state index is 13.1. The third kappa shape index (κ3) is 4.42.